The molecular weight excluding hydrogens is 516 g/mol. The molecule has 1 heterocycles. The maximum absolute atomic E-state index is 13.2. The number of carbonyl (C=O) groups is 2. The quantitative estimate of drug-likeness (QED) is 0.228. The van der Waals surface area contributed by atoms with Crippen LogP contribution in [-0.2, 0) is 16.0 Å². The van der Waals surface area contributed by atoms with Gasteiger partial charge in [-0.25, -0.2) is 0 Å². The lowest BCUT2D eigenvalue weighted by Gasteiger charge is -2.23. The van der Waals surface area contributed by atoms with Crippen molar-refractivity contribution in [3.63, 3.8) is 0 Å². The molecule has 0 bridgehead atoms. The van der Waals surface area contributed by atoms with Gasteiger partial charge < -0.3 is 14.8 Å². The smallest absolute Gasteiger partial charge is 0.266 e. The molecule has 3 aromatic carbocycles. The van der Waals surface area contributed by atoms with Crippen molar-refractivity contribution in [1.29, 1.82) is 0 Å². The summed E-state index contributed by atoms with van der Waals surface area (Å²) in [7, 11) is 0. The van der Waals surface area contributed by atoms with Gasteiger partial charge in [0.25, 0.3) is 11.8 Å². The van der Waals surface area contributed by atoms with Crippen LogP contribution in [0.1, 0.15) is 43.5 Å². The van der Waals surface area contributed by atoms with Gasteiger partial charge in [0.1, 0.15) is 4.32 Å². The van der Waals surface area contributed by atoms with Crippen molar-refractivity contribution in [2.24, 2.45) is 0 Å². The third-order valence-corrected chi connectivity index (χ3v) is 7.39. The molecule has 6 nitrogen and oxygen atoms in total. The number of benzene rings is 3. The van der Waals surface area contributed by atoms with E-state index < -0.39 is 0 Å². The minimum Gasteiger partial charge on any atom is -0.490 e. The fourth-order valence-corrected chi connectivity index (χ4v) is 5.43. The third kappa shape index (κ3) is 6.62. The summed E-state index contributed by atoms with van der Waals surface area (Å²) in [5, 5.41) is 2.84. The maximum atomic E-state index is 13.2. The first kappa shape index (κ1) is 27.4. The molecule has 0 radical (unpaired) electrons. The van der Waals surface area contributed by atoms with Crippen LogP contribution < -0.4 is 14.8 Å². The number of amides is 2. The van der Waals surface area contributed by atoms with Crippen LogP contribution in [0.25, 0.3) is 6.08 Å². The van der Waals surface area contributed by atoms with Gasteiger partial charge in [0.2, 0.25) is 0 Å². The average molecular weight is 547 g/mol. The number of ether oxygens (including phenoxy) is 2. The zero-order chi connectivity index (χ0) is 27.1. The van der Waals surface area contributed by atoms with Crippen LogP contribution in [0, 0.1) is 0 Å². The van der Waals surface area contributed by atoms with Crippen LogP contribution in [0.2, 0.25) is 0 Å². The van der Waals surface area contributed by atoms with E-state index in [2.05, 4.69) is 12.2 Å². The summed E-state index contributed by atoms with van der Waals surface area (Å²) in [5.74, 6) is 0.551. The fourth-order valence-electron chi connectivity index (χ4n) is 4.01. The molecule has 0 aliphatic carbocycles. The Morgan fingerprint density at radius 1 is 1.03 bits per heavy atom. The van der Waals surface area contributed by atoms with Gasteiger partial charge in [0, 0.05) is 5.69 Å². The molecule has 8 heteroatoms. The zero-order valence-electron chi connectivity index (χ0n) is 21.6. The highest BCUT2D eigenvalue weighted by Gasteiger charge is 2.35. The van der Waals surface area contributed by atoms with Crippen LogP contribution >= 0.6 is 24.0 Å². The highest BCUT2D eigenvalue weighted by Crippen LogP contribution is 2.39. The number of thiocarbonyl (C=S) groups is 1. The predicted molar refractivity (Wildman–Crippen MR) is 157 cm³/mol. The topological polar surface area (TPSA) is 67.9 Å². The van der Waals surface area contributed by atoms with Gasteiger partial charge in [-0.3, -0.25) is 14.5 Å². The Kier molecular flexibility index (Phi) is 9.20. The molecule has 0 spiro atoms. The van der Waals surface area contributed by atoms with Crippen molar-refractivity contribution in [3.05, 3.63) is 94.4 Å². The van der Waals surface area contributed by atoms with E-state index in [0.717, 1.165) is 23.2 Å². The van der Waals surface area contributed by atoms with Gasteiger partial charge in [-0.1, -0.05) is 79.4 Å². The number of anilines is 1. The van der Waals surface area contributed by atoms with Gasteiger partial charge in [-0.15, -0.1) is 0 Å². The van der Waals surface area contributed by atoms with Crippen molar-refractivity contribution in [2.75, 3.05) is 18.5 Å². The fraction of sp³-hybridized carbons (Fsp3) is 0.233. The third-order valence-electron chi connectivity index (χ3n) is 6.06. The van der Waals surface area contributed by atoms with E-state index in [1.54, 1.807) is 23.1 Å². The molecule has 1 atom stereocenters. The standard InChI is InChI=1S/C30H30N2O4S2/c1-4-21-11-14-24(15-12-21)31-28(33)19-36-25-16-13-22(17-26(25)35-5-2)18-27-29(34)32(30(37)38-27)20(3)23-9-7-6-8-10-23/h6-18,20H,4-5,19H2,1-3H3,(H,31,33)/b27-18-/t20-/m1/s1. The Morgan fingerprint density at radius 3 is 2.45 bits per heavy atom. The minimum absolute atomic E-state index is 0.127. The van der Waals surface area contributed by atoms with Crippen LogP contribution in [0.4, 0.5) is 5.69 Å². The predicted octanol–water partition coefficient (Wildman–Crippen LogP) is 6.63. The van der Waals surface area contributed by atoms with Crippen LogP contribution in [0.15, 0.2) is 77.7 Å². The maximum Gasteiger partial charge on any atom is 0.266 e. The van der Waals surface area contributed by atoms with Gasteiger partial charge >= 0.3 is 0 Å². The Bertz CT molecular complexity index is 1340. The van der Waals surface area contributed by atoms with Gasteiger partial charge in [-0.2, -0.15) is 0 Å². The summed E-state index contributed by atoms with van der Waals surface area (Å²) >= 11 is 6.82. The van der Waals surface area contributed by atoms with Crippen LogP contribution in [0.5, 0.6) is 11.5 Å². The molecule has 196 valence electrons. The van der Waals surface area contributed by atoms with E-state index in [1.807, 2.05) is 74.5 Å². The van der Waals surface area contributed by atoms with E-state index in [-0.39, 0.29) is 24.5 Å². The summed E-state index contributed by atoms with van der Waals surface area (Å²) in [4.78, 5) is 27.8. The number of aryl methyl sites for hydroxylation is 1. The highest BCUT2D eigenvalue weighted by molar-refractivity contribution is 8.26. The summed E-state index contributed by atoms with van der Waals surface area (Å²) < 4.78 is 12.1. The van der Waals surface area contributed by atoms with E-state index in [9.17, 15) is 9.59 Å². The summed E-state index contributed by atoms with van der Waals surface area (Å²) in [6, 6.07) is 22.7. The number of nitrogens with one attached hydrogen (secondary N) is 1. The van der Waals surface area contributed by atoms with Crippen LogP contribution in [-0.4, -0.2) is 34.2 Å². The number of rotatable bonds is 10. The Balaban J connectivity index is 1.44. The Morgan fingerprint density at radius 2 is 1.76 bits per heavy atom. The first-order valence-corrected chi connectivity index (χ1v) is 13.7. The summed E-state index contributed by atoms with van der Waals surface area (Å²) in [6.45, 7) is 6.19. The second-order valence-electron chi connectivity index (χ2n) is 8.66. The van der Waals surface area contributed by atoms with Gasteiger partial charge in [-0.05, 0) is 67.3 Å². The molecule has 0 aromatic heterocycles. The molecule has 1 aliphatic rings. The SMILES string of the molecule is CCOc1cc(/C=C2\SC(=S)N([C@H](C)c3ccccc3)C2=O)ccc1OCC(=O)Nc1ccc(CC)cc1. The molecule has 1 N–H and O–H groups in total. The van der Waals surface area contributed by atoms with Crippen molar-refractivity contribution < 1.29 is 19.1 Å². The molecular formula is C30H30N2O4S2. The number of hydrogen-bond donors (Lipinski definition) is 1. The van der Waals surface area contributed by atoms with E-state index in [1.165, 1.54) is 17.3 Å². The molecule has 1 fully saturated rings. The normalized spacial score (nSPS) is 15.0. The van der Waals surface area contributed by atoms with Crippen molar-refractivity contribution in [1.82, 2.24) is 4.90 Å². The Labute approximate surface area is 233 Å². The molecule has 0 unspecified atom stereocenters. The molecule has 3 aromatic rings. The number of thioether (sulfide) groups is 1. The number of nitrogens with zero attached hydrogens (tertiary/aromatic N) is 1. The largest absolute Gasteiger partial charge is 0.490 e. The highest BCUT2D eigenvalue weighted by atomic mass is 32.2. The zero-order valence-corrected chi connectivity index (χ0v) is 23.2. The average Bonchev–Trinajstić information content (AvgIpc) is 3.21. The monoisotopic (exact) mass is 546 g/mol. The number of hydrogen-bond acceptors (Lipinski definition) is 6. The van der Waals surface area contributed by atoms with Gasteiger partial charge in [0.05, 0.1) is 17.6 Å². The molecule has 1 saturated heterocycles. The van der Waals surface area contributed by atoms with Crippen molar-refractivity contribution in [3.8, 4) is 11.5 Å². The van der Waals surface area contributed by atoms with Crippen molar-refractivity contribution in [2.45, 2.75) is 33.2 Å². The molecule has 4 rings (SSSR count). The second-order valence-corrected chi connectivity index (χ2v) is 10.3. The summed E-state index contributed by atoms with van der Waals surface area (Å²) in [5.41, 5.74) is 3.71. The lowest BCUT2D eigenvalue weighted by Crippen LogP contribution is -2.30. The second kappa shape index (κ2) is 12.8. The van der Waals surface area contributed by atoms with Crippen molar-refractivity contribution >= 4 is 51.9 Å². The first-order valence-electron chi connectivity index (χ1n) is 12.5. The van der Waals surface area contributed by atoms with Gasteiger partial charge in [0.15, 0.2) is 18.1 Å². The molecule has 0 saturated carbocycles. The lowest BCUT2D eigenvalue weighted by atomic mass is 10.1. The first-order chi connectivity index (χ1) is 18.4. The van der Waals surface area contributed by atoms with E-state index in [4.69, 9.17) is 21.7 Å². The van der Waals surface area contributed by atoms with Crippen LogP contribution in [0.3, 0.4) is 0 Å². The Hall–Kier alpha value is -3.62. The lowest BCUT2D eigenvalue weighted by molar-refractivity contribution is -0.123. The summed E-state index contributed by atoms with van der Waals surface area (Å²) in [6.07, 6.45) is 2.74. The molecule has 1 aliphatic heterocycles. The number of carbonyl (C=O) groups excluding carboxylic acids is 2. The van der Waals surface area contributed by atoms with E-state index in [0.29, 0.717) is 27.3 Å². The molecule has 2 amide bonds. The van der Waals surface area contributed by atoms with E-state index >= 15 is 0 Å². The minimum atomic E-state index is -0.267. The molecule has 38 heavy (non-hydrogen) atoms.